The summed E-state index contributed by atoms with van der Waals surface area (Å²) in [4.78, 5) is 12.6. The monoisotopic (exact) mass is 300 g/mol. The fourth-order valence-electron chi connectivity index (χ4n) is 0.309. The summed E-state index contributed by atoms with van der Waals surface area (Å²) in [5.74, 6) is 0. The Bertz CT molecular complexity index is 205. The van der Waals surface area contributed by atoms with Gasteiger partial charge >= 0.3 is 12.8 Å². The SMILES string of the molecule is CCOP(O)(=S)OOC(F)(F)CBr. The molecule has 0 heterocycles. The molecule has 0 saturated carbocycles. The number of hydrogen-bond donors (Lipinski definition) is 1. The Morgan fingerprint density at radius 2 is 2.15 bits per heavy atom. The van der Waals surface area contributed by atoms with Crippen molar-refractivity contribution in [3.8, 4) is 0 Å². The third kappa shape index (κ3) is 6.84. The lowest BCUT2D eigenvalue weighted by Gasteiger charge is -2.17. The first-order chi connectivity index (χ1) is 5.83. The maximum absolute atomic E-state index is 12.3. The topological polar surface area (TPSA) is 47.9 Å². The molecule has 4 nitrogen and oxygen atoms in total. The van der Waals surface area contributed by atoms with Gasteiger partial charge in [-0.1, -0.05) is 15.9 Å². The van der Waals surface area contributed by atoms with Gasteiger partial charge in [0, 0.05) is 0 Å². The Hall–Kier alpha value is 0.830. The molecule has 0 rings (SSSR count). The van der Waals surface area contributed by atoms with Crippen LogP contribution in [0.1, 0.15) is 6.92 Å². The molecule has 0 aliphatic heterocycles. The summed E-state index contributed by atoms with van der Waals surface area (Å²) in [5.41, 5.74) is 0. The molecule has 1 N–H and O–H groups in total. The zero-order valence-corrected chi connectivity index (χ0v) is 9.87. The zero-order valence-electron chi connectivity index (χ0n) is 6.58. The molecule has 1 unspecified atom stereocenters. The Labute approximate surface area is 87.5 Å². The third-order valence-electron chi connectivity index (χ3n) is 0.701. The molecular weight excluding hydrogens is 293 g/mol. The van der Waals surface area contributed by atoms with E-state index in [0.717, 1.165) is 0 Å². The van der Waals surface area contributed by atoms with Gasteiger partial charge in [-0.3, -0.25) is 0 Å². The van der Waals surface area contributed by atoms with Crippen LogP contribution in [0.5, 0.6) is 0 Å². The van der Waals surface area contributed by atoms with Crippen LogP contribution in [0.2, 0.25) is 0 Å². The summed E-state index contributed by atoms with van der Waals surface area (Å²) >= 11 is 6.79. The lowest BCUT2D eigenvalue weighted by molar-refractivity contribution is -0.383. The van der Waals surface area contributed by atoms with E-state index in [1.165, 1.54) is 6.92 Å². The van der Waals surface area contributed by atoms with Crippen molar-refractivity contribution in [1.29, 1.82) is 0 Å². The molecule has 0 bridgehead atoms. The highest BCUT2D eigenvalue weighted by Crippen LogP contribution is 2.45. The quantitative estimate of drug-likeness (QED) is 0.353. The Kier molecular flexibility index (Phi) is 6.01. The molecule has 0 spiro atoms. The highest BCUT2D eigenvalue weighted by molar-refractivity contribution is 9.09. The lowest BCUT2D eigenvalue weighted by Crippen LogP contribution is -2.22. The molecule has 0 saturated heterocycles. The average molecular weight is 301 g/mol. The minimum atomic E-state index is -3.69. The summed E-state index contributed by atoms with van der Waals surface area (Å²) < 4.78 is 33.0. The maximum Gasteiger partial charge on any atom is 0.391 e. The summed E-state index contributed by atoms with van der Waals surface area (Å²) in [6, 6.07) is 0. The molecule has 0 aliphatic carbocycles. The first-order valence-corrected chi connectivity index (χ1v) is 6.83. The zero-order chi connectivity index (χ0) is 10.5. The second-order valence-electron chi connectivity index (χ2n) is 1.82. The van der Waals surface area contributed by atoms with Gasteiger partial charge in [-0.25, -0.2) is 0 Å². The van der Waals surface area contributed by atoms with E-state index >= 15 is 0 Å². The van der Waals surface area contributed by atoms with Crippen molar-refractivity contribution >= 4 is 34.5 Å². The standard InChI is InChI=1S/C4H8BrF2O4PS/c1-2-9-12(8,13)11-10-4(6,7)3-5/h2-3H2,1H3,(H,8,13). The Balaban J connectivity index is 3.94. The summed E-state index contributed by atoms with van der Waals surface area (Å²) in [6.45, 7) is -2.11. The van der Waals surface area contributed by atoms with Gasteiger partial charge in [0.05, 0.1) is 11.9 Å². The van der Waals surface area contributed by atoms with Crippen LogP contribution in [-0.2, 0) is 25.9 Å². The van der Waals surface area contributed by atoms with Gasteiger partial charge in [0.2, 0.25) is 0 Å². The van der Waals surface area contributed by atoms with Gasteiger partial charge in [-0.15, -0.1) is 4.67 Å². The van der Waals surface area contributed by atoms with Gasteiger partial charge < -0.3 is 9.42 Å². The Morgan fingerprint density at radius 1 is 1.62 bits per heavy atom. The number of hydrogen-bond acceptors (Lipinski definition) is 4. The summed E-state index contributed by atoms with van der Waals surface area (Å²) in [6.07, 6.45) is -3.54. The number of alkyl halides is 3. The number of rotatable bonds is 6. The van der Waals surface area contributed by atoms with Gasteiger partial charge in [0.15, 0.2) is 0 Å². The van der Waals surface area contributed by atoms with Crippen LogP contribution in [0.4, 0.5) is 8.78 Å². The first-order valence-electron chi connectivity index (χ1n) is 3.11. The summed E-state index contributed by atoms with van der Waals surface area (Å²) in [5, 5.41) is -0.762. The van der Waals surface area contributed by atoms with E-state index in [0.29, 0.717) is 0 Å². The van der Waals surface area contributed by atoms with Crippen LogP contribution in [-0.4, -0.2) is 22.9 Å². The molecule has 0 fully saturated rings. The highest BCUT2D eigenvalue weighted by atomic mass is 79.9. The molecule has 0 amide bonds. The minimum absolute atomic E-state index is 0.0526. The van der Waals surface area contributed by atoms with Crippen molar-refractivity contribution in [3.63, 3.8) is 0 Å². The molecule has 13 heavy (non-hydrogen) atoms. The van der Waals surface area contributed by atoms with Crippen LogP contribution in [0.25, 0.3) is 0 Å². The van der Waals surface area contributed by atoms with Crippen molar-refractivity contribution in [2.45, 2.75) is 13.0 Å². The normalized spacial score (nSPS) is 17.0. The Morgan fingerprint density at radius 3 is 2.54 bits per heavy atom. The van der Waals surface area contributed by atoms with E-state index in [1.807, 2.05) is 0 Å². The molecule has 80 valence electrons. The van der Waals surface area contributed by atoms with E-state index in [2.05, 4.69) is 41.8 Å². The molecule has 0 aromatic heterocycles. The number of halogens is 3. The largest absolute Gasteiger partial charge is 0.391 e. The molecule has 0 aromatic rings. The van der Waals surface area contributed by atoms with Gasteiger partial charge in [-0.2, -0.15) is 13.7 Å². The van der Waals surface area contributed by atoms with Gasteiger partial charge in [-0.05, 0) is 18.7 Å². The molecule has 0 aliphatic rings. The van der Waals surface area contributed by atoms with Crippen LogP contribution in [0, 0.1) is 0 Å². The first kappa shape index (κ1) is 13.8. The maximum atomic E-state index is 12.3. The second-order valence-corrected chi connectivity index (χ2v) is 5.10. The fraction of sp³-hybridized carbons (Fsp3) is 1.00. The van der Waals surface area contributed by atoms with Gasteiger partial charge in [0.1, 0.15) is 0 Å². The van der Waals surface area contributed by atoms with Crippen molar-refractivity contribution in [3.05, 3.63) is 0 Å². The van der Waals surface area contributed by atoms with Crippen LogP contribution in [0.3, 0.4) is 0 Å². The van der Waals surface area contributed by atoms with Crippen LogP contribution < -0.4 is 0 Å². The lowest BCUT2D eigenvalue weighted by atomic mass is 10.8. The van der Waals surface area contributed by atoms with E-state index in [1.54, 1.807) is 0 Å². The molecule has 9 heteroatoms. The minimum Gasteiger partial charge on any atom is -0.323 e. The molecule has 1 atom stereocenters. The van der Waals surface area contributed by atoms with E-state index < -0.39 is 18.2 Å². The highest BCUT2D eigenvalue weighted by Gasteiger charge is 2.33. The molecule has 0 radical (unpaired) electrons. The predicted molar refractivity (Wildman–Crippen MR) is 49.0 cm³/mol. The summed E-state index contributed by atoms with van der Waals surface area (Å²) in [7, 11) is 0. The third-order valence-corrected chi connectivity index (χ3v) is 2.70. The van der Waals surface area contributed by atoms with E-state index in [4.69, 9.17) is 4.89 Å². The van der Waals surface area contributed by atoms with Gasteiger partial charge in [0.25, 0.3) is 0 Å². The van der Waals surface area contributed by atoms with E-state index in [9.17, 15) is 8.78 Å². The average Bonchev–Trinajstić information content (AvgIpc) is 2.02. The van der Waals surface area contributed by atoms with Crippen molar-refractivity contribution in [2.75, 3.05) is 11.9 Å². The molecule has 0 aromatic carbocycles. The predicted octanol–water partition coefficient (Wildman–Crippen LogP) is 2.18. The smallest absolute Gasteiger partial charge is 0.323 e. The van der Waals surface area contributed by atoms with Crippen molar-refractivity contribution < 1.29 is 27.8 Å². The molecular formula is C4H8BrF2O4PS. The van der Waals surface area contributed by atoms with Crippen LogP contribution in [0.15, 0.2) is 0 Å². The van der Waals surface area contributed by atoms with Crippen molar-refractivity contribution in [2.24, 2.45) is 0 Å². The van der Waals surface area contributed by atoms with Crippen LogP contribution >= 0.6 is 22.6 Å². The fourth-order valence-corrected chi connectivity index (χ4v) is 1.38. The second kappa shape index (κ2) is 5.65. The van der Waals surface area contributed by atoms with Crippen molar-refractivity contribution in [1.82, 2.24) is 0 Å². The van der Waals surface area contributed by atoms with E-state index in [-0.39, 0.29) is 6.61 Å².